The van der Waals surface area contributed by atoms with Gasteiger partial charge in [-0.2, -0.15) is 0 Å². The highest BCUT2D eigenvalue weighted by molar-refractivity contribution is 5.78. The molecule has 0 atom stereocenters. The van der Waals surface area contributed by atoms with Crippen molar-refractivity contribution in [3.05, 3.63) is 0 Å². The van der Waals surface area contributed by atoms with Crippen molar-refractivity contribution in [1.29, 1.82) is 0 Å². The normalized spacial score (nSPS) is 16.2. The Balaban J connectivity index is 2.12. The van der Waals surface area contributed by atoms with Crippen molar-refractivity contribution in [3.63, 3.8) is 0 Å². The van der Waals surface area contributed by atoms with Crippen molar-refractivity contribution in [2.45, 2.75) is 26.7 Å². The van der Waals surface area contributed by atoms with Gasteiger partial charge < -0.3 is 9.74 Å². The van der Waals surface area contributed by atoms with E-state index in [1.807, 2.05) is 18.7 Å². The first-order chi connectivity index (χ1) is 6.20. The van der Waals surface area contributed by atoms with Gasteiger partial charge in [-0.05, 0) is 20.3 Å². The lowest BCUT2D eigenvalue weighted by atomic mass is 10.4. The molecular formula is C9H16N2O2. The highest BCUT2D eigenvalue weighted by Gasteiger charge is 2.19. The van der Waals surface area contributed by atoms with Crippen LogP contribution in [0.25, 0.3) is 0 Å². The van der Waals surface area contributed by atoms with E-state index in [0.29, 0.717) is 19.6 Å². The van der Waals surface area contributed by atoms with Crippen LogP contribution in [0.1, 0.15) is 26.7 Å². The molecule has 1 aliphatic heterocycles. The average Bonchev–Trinajstić information content (AvgIpc) is 2.45. The molecule has 0 aromatic rings. The third-order valence-corrected chi connectivity index (χ3v) is 1.87. The molecule has 0 unspecified atom stereocenters. The highest BCUT2D eigenvalue weighted by atomic mass is 16.6. The van der Waals surface area contributed by atoms with E-state index >= 15 is 0 Å². The fraction of sp³-hybridized carbons (Fsp3) is 0.778. The van der Waals surface area contributed by atoms with Gasteiger partial charge in [0.25, 0.3) is 0 Å². The summed E-state index contributed by atoms with van der Waals surface area (Å²) in [5, 5.41) is 3.79. The Labute approximate surface area is 78.5 Å². The Bertz CT molecular complexity index is 210. The number of carbonyl (C=O) groups is 1. The molecule has 1 fully saturated rings. The third-order valence-electron chi connectivity index (χ3n) is 1.87. The largest absolute Gasteiger partial charge is 0.394 e. The quantitative estimate of drug-likeness (QED) is 0.372. The van der Waals surface area contributed by atoms with Gasteiger partial charge >= 0.3 is 0 Å². The predicted molar refractivity (Wildman–Crippen MR) is 50.5 cm³/mol. The maximum absolute atomic E-state index is 11.1. The van der Waals surface area contributed by atoms with Gasteiger partial charge in [0.15, 0.2) is 0 Å². The molecule has 0 aliphatic carbocycles. The van der Waals surface area contributed by atoms with E-state index in [1.54, 1.807) is 0 Å². The van der Waals surface area contributed by atoms with Crippen LogP contribution in [0, 0.1) is 0 Å². The zero-order valence-corrected chi connectivity index (χ0v) is 8.25. The molecule has 0 bridgehead atoms. The zero-order valence-electron chi connectivity index (χ0n) is 8.25. The topological polar surface area (TPSA) is 41.9 Å². The second-order valence-corrected chi connectivity index (χ2v) is 3.36. The monoisotopic (exact) mass is 184 g/mol. The van der Waals surface area contributed by atoms with E-state index in [2.05, 4.69) is 5.16 Å². The Morgan fingerprint density at radius 3 is 2.92 bits per heavy atom. The summed E-state index contributed by atoms with van der Waals surface area (Å²) in [4.78, 5) is 18.0. The lowest BCUT2D eigenvalue weighted by molar-refractivity contribution is -0.128. The van der Waals surface area contributed by atoms with Gasteiger partial charge in [0.05, 0.1) is 12.3 Å². The summed E-state index contributed by atoms with van der Waals surface area (Å²) in [7, 11) is 0. The molecule has 13 heavy (non-hydrogen) atoms. The van der Waals surface area contributed by atoms with E-state index in [4.69, 9.17) is 4.84 Å². The molecule has 0 spiro atoms. The lowest BCUT2D eigenvalue weighted by Crippen LogP contribution is -2.28. The number of likely N-dealkylation sites (tertiary alicyclic amines) is 1. The summed E-state index contributed by atoms with van der Waals surface area (Å²) >= 11 is 0. The Morgan fingerprint density at radius 2 is 2.38 bits per heavy atom. The van der Waals surface area contributed by atoms with E-state index in [-0.39, 0.29) is 5.91 Å². The molecule has 4 nitrogen and oxygen atoms in total. The first-order valence-electron chi connectivity index (χ1n) is 4.61. The number of carbonyl (C=O) groups excluding carboxylic acids is 1. The van der Waals surface area contributed by atoms with Gasteiger partial charge in [-0.25, -0.2) is 0 Å². The summed E-state index contributed by atoms with van der Waals surface area (Å²) in [6, 6.07) is 0. The lowest BCUT2D eigenvalue weighted by Gasteiger charge is -2.13. The highest BCUT2D eigenvalue weighted by Crippen LogP contribution is 2.08. The zero-order chi connectivity index (χ0) is 9.68. The predicted octanol–water partition coefficient (Wildman–Crippen LogP) is 1.02. The van der Waals surface area contributed by atoms with E-state index in [9.17, 15) is 4.79 Å². The fourth-order valence-electron chi connectivity index (χ4n) is 1.27. The van der Waals surface area contributed by atoms with Crippen LogP contribution in [-0.2, 0) is 9.63 Å². The maximum atomic E-state index is 11.1. The molecule has 1 saturated heterocycles. The molecule has 1 rings (SSSR count). The molecule has 0 radical (unpaired) electrons. The van der Waals surface area contributed by atoms with Crippen LogP contribution in [0.2, 0.25) is 0 Å². The smallest absolute Gasteiger partial charge is 0.222 e. The first kappa shape index (κ1) is 10.0. The molecule has 4 heteroatoms. The number of nitrogens with zero attached hydrogens (tertiary/aromatic N) is 2. The van der Waals surface area contributed by atoms with E-state index < -0.39 is 0 Å². The van der Waals surface area contributed by atoms with Crippen molar-refractivity contribution in [3.8, 4) is 0 Å². The number of oxime groups is 1. The minimum Gasteiger partial charge on any atom is -0.394 e. The number of hydrogen-bond acceptors (Lipinski definition) is 3. The van der Waals surface area contributed by atoms with Crippen molar-refractivity contribution in [2.75, 3.05) is 19.7 Å². The van der Waals surface area contributed by atoms with Gasteiger partial charge in [-0.15, -0.1) is 0 Å². The standard InChI is InChI=1S/C9H16N2O2/c1-8(2)10-13-7-6-11-5-3-4-9(11)12/h3-7H2,1-2H3. The maximum Gasteiger partial charge on any atom is 0.222 e. The fourth-order valence-corrected chi connectivity index (χ4v) is 1.27. The van der Waals surface area contributed by atoms with Gasteiger partial charge in [0.2, 0.25) is 5.91 Å². The number of rotatable bonds is 4. The van der Waals surface area contributed by atoms with Crippen molar-refractivity contribution in [1.82, 2.24) is 4.90 Å². The van der Waals surface area contributed by atoms with E-state index in [0.717, 1.165) is 18.7 Å². The summed E-state index contributed by atoms with van der Waals surface area (Å²) in [6.45, 7) is 5.78. The molecule has 0 aromatic carbocycles. The van der Waals surface area contributed by atoms with Gasteiger partial charge in [0.1, 0.15) is 6.61 Å². The molecule has 1 aliphatic rings. The van der Waals surface area contributed by atoms with Gasteiger partial charge in [0, 0.05) is 13.0 Å². The molecule has 0 N–H and O–H groups in total. The Morgan fingerprint density at radius 1 is 1.62 bits per heavy atom. The van der Waals surface area contributed by atoms with Crippen LogP contribution in [-0.4, -0.2) is 36.2 Å². The molecule has 1 amide bonds. The van der Waals surface area contributed by atoms with Crippen molar-refractivity contribution in [2.24, 2.45) is 5.16 Å². The van der Waals surface area contributed by atoms with Gasteiger partial charge in [-0.1, -0.05) is 5.16 Å². The first-order valence-corrected chi connectivity index (χ1v) is 4.61. The summed E-state index contributed by atoms with van der Waals surface area (Å²) in [5.41, 5.74) is 0.896. The molecule has 74 valence electrons. The summed E-state index contributed by atoms with van der Waals surface area (Å²) in [6.07, 6.45) is 1.67. The van der Waals surface area contributed by atoms with Gasteiger partial charge in [-0.3, -0.25) is 4.79 Å². The van der Waals surface area contributed by atoms with Crippen LogP contribution >= 0.6 is 0 Å². The van der Waals surface area contributed by atoms with Crippen LogP contribution < -0.4 is 0 Å². The Hall–Kier alpha value is -1.06. The van der Waals surface area contributed by atoms with Crippen LogP contribution in [0.4, 0.5) is 0 Å². The number of hydrogen-bond donors (Lipinski definition) is 0. The van der Waals surface area contributed by atoms with Crippen LogP contribution in [0.15, 0.2) is 5.16 Å². The number of amides is 1. The molecule has 1 heterocycles. The minimum atomic E-state index is 0.237. The SMILES string of the molecule is CC(C)=NOCCN1CCCC1=O. The Kier molecular flexibility index (Phi) is 3.73. The molecule has 0 aromatic heterocycles. The van der Waals surface area contributed by atoms with Crippen LogP contribution in [0.3, 0.4) is 0 Å². The second kappa shape index (κ2) is 4.84. The summed E-state index contributed by atoms with van der Waals surface area (Å²) in [5.74, 6) is 0.237. The second-order valence-electron chi connectivity index (χ2n) is 3.36. The van der Waals surface area contributed by atoms with Crippen LogP contribution in [0.5, 0.6) is 0 Å². The molecular weight excluding hydrogens is 168 g/mol. The minimum absolute atomic E-state index is 0.237. The van der Waals surface area contributed by atoms with E-state index in [1.165, 1.54) is 0 Å². The van der Waals surface area contributed by atoms with Crippen molar-refractivity contribution < 1.29 is 9.63 Å². The molecule has 0 saturated carbocycles. The van der Waals surface area contributed by atoms with Crippen molar-refractivity contribution >= 4 is 11.6 Å². The average molecular weight is 184 g/mol. The third kappa shape index (κ3) is 3.44. The summed E-state index contributed by atoms with van der Waals surface area (Å²) < 4.78 is 0.